The number of halogens is 1. The number of fused-ring (bicyclic) bond motifs is 1. The van der Waals surface area contributed by atoms with E-state index in [1.54, 1.807) is 6.92 Å². The molecule has 0 N–H and O–H groups in total. The Balaban J connectivity index is 1.80. The summed E-state index contributed by atoms with van der Waals surface area (Å²) in [5.74, 6) is 0.150. The lowest BCUT2D eigenvalue weighted by atomic mass is 10.1. The number of pyridine rings is 1. The van der Waals surface area contributed by atoms with E-state index in [1.165, 1.54) is 0 Å². The van der Waals surface area contributed by atoms with Crippen LogP contribution >= 0.6 is 11.6 Å². The summed E-state index contributed by atoms with van der Waals surface area (Å²) in [5, 5.41) is 1.87. The summed E-state index contributed by atoms with van der Waals surface area (Å²) in [6.07, 6.45) is 0. The van der Waals surface area contributed by atoms with Crippen molar-refractivity contribution >= 4 is 28.4 Å². The Hall–Kier alpha value is -1.65. The van der Waals surface area contributed by atoms with E-state index in [9.17, 15) is 4.79 Å². The van der Waals surface area contributed by atoms with Crippen molar-refractivity contribution in [2.75, 3.05) is 26.2 Å². The fraction of sp³-hybridized carbons (Fsp3) is 0.412. The van der Waals surface area contributed by atoms with Crippen LogP contribution in [0.1, 0.15) is 18.2 Å². The van der Waals surface area contributed by atoms with Crippen LogP contribution in [0.25, 0.3) is 10.9 Å². The highest BCUT2D eigenvalue weighted by atomic mass is 35.5. The fourth-order valence-electron chi connectivity index (χ4n) is 2.95. The van der Waals surface area contributed by atoms with E-state index in [4.69, 9.17) is 16.6 Å². The smallest absolute Gasteiger partial charge is 0.219 e. The summed E-state index contributed by atoms with van der Waals surface area (Å²) in [6.45, 7) is 7.69. The Morgan fingerprint density at radius 2 is 1.91 bits per heavy atom. The van der Waals surface area contributed by atoms with Gasteiger partial charge in [-0.15, -0.1) is 0 Å². The van der Waals surface area contributed by atoms with Crippen molar-refractivity contribution in [3.8, 4) is 0 Å². The molecule has 0 atom stereocenters. The first kappa shape index (κ1) is 15.3. The van der Waals surface area contributed by atoms with Crippen LogP contribution in [0, 0.1) is 6.92 Å². The maximum Gasteiger partial charge on any atom is 0.219 e. The van der Waals surface area contributed by atoms with E-state index < -0.39 is 0 Å². The van der Waals surface area contributed by atoms with E-state index in [1.807, 2.05) is 30.0 Å². The number of piperazine rings is 1. The van der Waals surface area contributed by atoms with Crippen LogP contribution in [0.15, 0.2) is 24.3 Å². The van der Waals surface area contributed by atoms with Crippen molar-refractivity contribution < 1.29 is 4.79 Å². The van der Waals surface area contributed by atoms with Crippen molar-refractivity contribution in [3.05, 3.63) is 40.5 Å². The van der Waals surface area contributed by atoms with Gasteiger partial charge in [0.15, 0.2) is 0 Å². The van der Waals surface area contributed by atoms with Gasteiger partial charge in [-0.05, 0) is 18.6 Å². The fourth-order valence-corrected chi connectivity index (χ4v) is 3.16. The van der Waals surface area contributed by atoms with Gasteiger partial charge in [-0.1, -0.05) is 29.8 Å². The molecule has 1 aromatic heterocycles. The molecular weight excluding hydrogens is 298 g/mol. The zero-order valence-corrected chi connectivity index (χ0v) is 13.7. The van der Waals surface area contributed by atoms with Crippen molar-refractivity contribution in [3.63, 3.8) is 0 Å². The lowest BCUT2D eigenvalue weighted by molar-refractivity contribution is -0.130. The molecule has 1 aliphatic rings. The summed E-state index contributed by atoms with van der Waals surface area (Å²) in [5.41, 5.74) is 3.00. The summed E-state index contributed by atoms with van der Waals surface area (Å²) in [7, 11) is 0. The maximum absolute atomic E-state index is 11.4. The van der Waals surface area contributed by atoms with Crippen LogP contribution in [0.3, 0.4) is 0 Å². The first-order valence-electron chi connectivity index (χ1n) is 7.58. The van der Waals surface area contributed by atoms with Gasteiger partial charge >= 0.3 is 0 Å². The average molecular weight is 318 g/mol. The molecule has 5 heteroatoms. The molecule has 1 aliphatic heterocycles. The second kappa shape index (κ2) is 6.23. The Morgan fingerprint density at radius 1 is 1.23 bits per heavy atom. The zero-order valence-electron chi connectivity index (χ0n) is 13.0. The van der Waals surface area contributed by atoms with Gasteiger partial charge in [0.2, 0.25) is 5.91 Å². The molecule has 4 nitrogen and oxygen atoms in total. The van der Waals surface area contributed by atoms with Gasteiger partial charge in [0.05, 0.1) is 16.2 Å². The number of aromatic nitrogens is 1. The average Bonchev–Trinajstić information content (AvgIpc) is 2.53. The Morgan fingerprint density at radius 3 is 2.59 bits per heavy atom. The minimum Gasteiger partial charge on any atom is -0.340 e. The van der Waals surface area contributed by atoms with Crippen molar-refractivity contribution in [2.24, 2.45) is 0 Å². The van der Waals surface area contributed by atoms with E-state index in [0.29, 0.717) is 0 Å². The zero-order chi connectivity index (χ0) is 15.7. The Bertz CT molecular complexity index is 708. The van der Waals surface area contributed by atoms with Crippen LogP contribution in [0.5, 0.6) is 0 Å². The number of rotatable bonds is 2. The molecule has 1 aromatic carbocycles. The Labute approximate surface area is 135 Å². The monoisotopic (exact) mass is 317 g/mol. The van der Waals surface area contributed by atoms with Gasteiger partial charge in [-0.2, -0.15) is 0 Å². The largest absolute Gasteiger partial charge is 0.340 e. The second-order valence-corrected chi connectivity index (χ2v) is 6.17. The maximum atomic E-state index is 11.4. The quantitative estimate of drug-likeness (QED) is 0.854. The van der Waals surface area contributed by atoms with E-state index in [-0.39, 0.29) is 5.91 Å². The molecule has 3 rings (SSSR count). The van der Waals surface area contributed by atoms with E-state index in [0.717, 1.165) is 59.9 Å². The minimum atomic E-state index is 0.150. The third-order valence-corrected chi connectivity index (χ3v) is 4.84. The lowest BCUT2D eigenvalue weighted by Crippen LogP contribution is -2.47. The highest BCUT2D eigenvalue weighted by molar-refractivity contribution is 6.32. The third-order valence-electron chi connectivity index (χ3n) is 4.34. The van der Waals surface area contributed by atoms with Gasteiger partial charge < -0.3 is 4.90 Å². The number of carbonyl (C=O) groups is 1. The molecule has 0 unspecified atom stereocenters. The molecule has 1 fully saturated rings. The van der Waals surface area contributed by atoms with Crippen LogP contribution < -0.4 is 0 Å². The molecule has 0 bridgehead atoms. The SMILES string of the molecule is CC(=O)N1CCN(Cc2nc3ccccc3c(C)c2Cl)CC1. The lowest BCUT2D eigenvalue weighted by Gasteiger charge is -2.34. The minimum absolute atomic E-state index is 0.150. The molecular formula is C17H20ClN3O. The predicted octanol–water partition coefficient (Wildman–Crippen LogP) is 2.86. The molecule has 1 saturated heterocycles. The van der Waals surface area contributed by atoms with Crippen LogP contribution in [-0.2, 0) is 11.3 Å². The number of nitrogens with zero attached hydrogens (tertiary/aromatic N) is 3. The number of para-hydroxylation sites is 1. The van der Waals surface area contributed by atoms with Crippen LogP contribution in [-0.4, -0.2) is 46.9 Å². The molecule has 0 aliphatic carbocycles. The molecule has 0 spiro atoms. The highest BCUT2D eigenvalue weighted by Crippen LogP contribution is 2.27. The first-order valence-corrected chi connectivity index (χ1v) is 7.95. The van der Waals surface area contributed by atoms with Crippen LogP contribution in [0.2, 0.25) is 5.02 Å². The predicted molar refractivity (Wildman–Crippen MR) is 89.0 cm³/mol. The Kier molecular flexibility index (Phi) is 4.32. The summed E-state index contributed by atoms with van der Waals surface area (Å²) < 4.78 is 0. The molecule has 1 amide bonds. The van der Waals surface area contributed by atoms with Gasteiger partial charge in [-0.3, -0.25) is 9.69 Å². The number of amides is 1. The summed E-state index contributed by atoms with van der Waals surface area (Å²) in [6, 6.07) is 8.08. The molecule has 2 aromatic rings. The number of hydrogen-bond acceptors (Lipinski definition) is 3. The third kappa shape index (κ3) is 2.94. The van der Waals surface area contributed by atoms with Crippen LogP contribution in [0.4, 0.5) is 0 Å². The number of benzene rings is 1. The van der Waals surface area contributed by atoms with Crippen molar-refractivity contribution in [1.29, 1.82) is 0 Å². The molecule has 0 saturated carbocycles. The van der Waals surface area contributed by atoms with E-state index >= 15 is 0 Å². The van der Waals surface area contributed by atoms with Gasteiger partial charge in [0.25, 0.3) is 0 Å². The molecule has 116 valence electrons. The van der Waals surface area contributed by atoms with Crippen molar-refractivity contribution in [2.45, 2.75) is 20.4 Å². The van der Waals surface area contributed by atoms with E-state index in [2.05, 4.69) is 11.0 Å². The number of hydrogen-bond donors (Lipinski definition) is 0. The molecule has 2 heterocycles. The topological polar surface area (TPSA) is 36.4 Å². The summed E-state index contributed by atoms with van der Waals surface area (Å²) >= 11 is 6.52. The number of carbonyl (C=O) groups excluding carboxylic acids is 1. The standard InChI is InChI=1S/C17H20ClN3O/c1-12-14-5-3-4-6-15(14)19-16(17(12)18)11-20-7-9-21(10-8-20)13(2)22/h3-6H,7-11H2,1-2H3. The van der Waals surface area contributed by atoms with Gasteiger partial charge in [-0.25, -0.2) is 4.98 Å². The summed E-state index contributed by atoms with van der Waals surface area (Å²) in [4.78, 5) is 20.3. The normalized spacial score (nSPS) is 16.2. The highest BCUT2D eigenvalue weighted by Gasteiger charge is 2.20. The molecule has 0 radical (unpaired) electrons. The van der Waals surface area contributed by atoms with Gasteiger partial charge in [0.1, 0.15) is 0 Å². The molecule has 22 heavy (non-hydrogen) atoms. The number of aryl methyl sites for hydroxylation is 1. The second-order valence-electron chi connectivity index (χ2n) is 5.80. The van der Waals surface area contributed by atoms with Gasteiger partial charge in [0, 0.05) is 45.0 Å². The first-order chi connectivity index (χ1) is 10.6. The van der Waals surface area contributed by atoms with Crippen molar-refractivity contribution in [1.82, 2.24) is 14.8 Å².